The summed E-state index contributed by atoms with van der Waals surface area (Å²) in [5.41, 5.74) is 0.795. The highest BCUT2D eigenvalue weighted by atomic mass is 16.5. The molecule has 1 aromatic carbocycles. The fourth-order valence-corrected chi connectivity index (χ4v) is 1.03. The summed E-state index contributed by atoms with van der Waals surface area (Å²) in [4.78, 5) is 10.4. The van der Waals surface area contributed by atoms with Crippen molar-refractivity contribution in [3.63, 3.8) is 0 Å². The molecule has 0 aliphatic heterocycles. The maximum absolute atomic E-state index is 10.4. The smallest absolute Gasteiger partial charge is 0.302 e. The Labute approximate surface area is 77.0 Å². The molecular weight excluding hydrogens is 168 g/mol. The lowest BCUT2D eigenvalue weighted by atomic mass is 10.1. The maximum Gasteiger partial charge on any atom is 0.302 e. The van der Waals surface area contributed by atoms with Gasteiger partial charge < -0.3 is 9.84 Å². The van der Waals surface area contributed by atoms with Crippen LogP contribution in [0.15, 0.2) is 24.3 Å². The monoisotopic (exact) mass is 180 g/mol. The van der Waals surface area contributed by atoms with Crippen molar-refractivity contribution in [1.29, 1.82) is 0 Å². The van der Waals surface area contributed by atoms with E-state index in [1.165, 1.54) is 6.92 Å². The van der Waals surface area contributed by atoms with E-state index in [1.54, 1.807) is 18.2 Å². The van der Waals surface area contributed by atoms with Gasteiger partial charge in [-0.05, 0) is 11.6 Å². The molecule has 0 saturated heterocycles. The predicted molar refractivity (Wildman–Crippen MR) is 48.4 cm³/mol. The van der Waals surface area contributed by atoms with Gasteiger partial charge in [-0.3, -0.25) is 4.79 Å². The predicted octanol–water partition coefficient (Wildman–Crippen LogP) is 1.50. The van der Waals surface area contributed by atoms with E-state index in [-0.39, 0.29) is 11.7 Å². The Balaban J connectivity index is 2.45. The molecule has 1 rings (SSSR count). The third-order valence-electron chi connectivity index (χ3n) is 1.67. The van der Waals surface area contributed by atoms with Gasteiger partial charge in [0.2, 0.25) is 0 Å². The van der Waals surface area contributed by atoms with E-state index in [0.29, 0.717) is 13.0 Å². The van der Waals surface area contributed by atoms with E-state index in [0.717, 1.165) is 5.56 Å². The van der Waals surface area contributed by atoms with Crippen molar-refractivity contribution in [2.24, 2.45) is 0 Å². The van der Waals surface area contributed by atoms with Crippen LogP contribution in [0.5, 0.6) is 5.75 Å². The standard InChI is InChI=1S/C10H12O3/c1-8(11)13-7-6-9-4-2-3-5-10(9)12/h2-5,12H,6-7H2,1H3. The molecule has 0 unspecified atom stereocenters. The van der Waals surface area contributed by atoms with Crippen LogP contribution in [0.4, 0.5) is 0 Å². The minimum atomic E-state index is -0.296. The van der Waals surface area contributed by atoms with Gasteiger partial charge in [-0.1, -0.05) is 18.2 Å². The topological polar surface area (TPSA) is 46.5 Å². The minimum absolute atomic E-state index is 0.245. The molecule has 1 N–H and O–H groups in total. The first-order chi connectivity index (χ1) is 6.20. The van der Waals surface area contributed by atoms with Crippen LogP contribution in [0, 0.1) is 0 Å². The summed E-state index contributed by atoms with van der Waals surface area (Å²) in [6, 6.07) is 7.01. The Hall–Kier alpha value is -1.51. The Bertz CT molecular complexity index is 294. The number of rotatable bonds is 3. The van der Waals surface area contributed by atoms with Gasteiger partial charge in [-0.2, -0.15) is 0 Å². The van der Waals surface area contributed by atoms with E-state index in [4.69, 9.17) is 4.74 Å². The lowest BCUT2D eigenvalue weighted by Crippen LogP contribution is -2.03. The lowest BCUT2D eigenvalue weighted by Gasteiger charge is -2.03. The number of ether oxygens (including phenoxy) is 1. The Morgan fingerprint density at radius 3 is 2.77 bits per heavy atom. The molecule has 0 atom stereocenters. The van der Waals surface area contributed by atoms with Gasteiger partial charge in [0.1, 0.15) is 5.75 Å². The summed E-state index contributed by atoms with van der Waals surface area (Å²) in [5.74, 6) is -0.0509. The molecule has 1 aromatic rings. The number of hydrogen-bond acceptors (Lipinski definition) is 3. The zero-order valence-electron chi connectivity index (χ0n) is 7.49. The van der Waals surface area contributed by atoms with Crippen molar-refractivity contribution >= 4 is 5.97 Å². The maximum atomic E-state index is 10.4. The molecule has 3 heteroatoms. The van der Waals surface area contributed by atoms with Crippen LogP contribution in [0.2, 0.25) is 0 Å². The first kappa shape index (κ1) is 9.58. The van der Waals surface area contributed by atoms with Crippen LogP contribution in [0.1, 0.15) is 12.5 Å². The first-order valence-corrected chi connectivity index (χ1v) is 4.10. The van der Waals surface area contributed by atoms with Crippen LogP contribution in [-0.4, -0.2) is 17.7 Å². The second kappa shape index (κ2) is 4.50. The number of carbonyl (C=O) groups is 1. The fraction of sp³-hybridized carbons (Fsp3) is 0.300. The van der Waals surface area contributed by atoms with E-state index in [2.05, 4.69) is 0 Å². The molecule has 0 bridgehead atoms. The molecule has 0 aliphatic carbocycles. The molecule has 0 saturated carbocycles. The van der Waals surface area contributed by atoms with E-state index in [9.17, 15) is 9.90 Å². The summed E-state index contributed by atoms with van der Waals surface area (Å²) in [5, 5.41) is 9.34. The van der Waals surface area contributed by atoms with E-state index < -0.39 is 0 Å². The van der Waals surface area contributed by atoms with Crippen molar-refractivity contribution in [1.82, 2.24) is 0 Å². The minimum Gasteiger partial charge on any atom is -0.508 e. The number of esters is 1. The summed E-state index contributed by atoms with van der Waals surface area (Å²) < 4.78 is 4.75. The average molecular weight is 180 g/mol. The fourth-order valence-electron chi connectivity index (χ4n) is 1.03. The van der Waals surface area contributed by atoms with Crippen LogP contribution >= 0.6 is 0 Å². The highest BCUT2D eigenvalue weighted by Gasteiger charge is 1.99. The third-order valence-corrected chi connectivity index (χ3v) is 1.67. The largest absolute Gasteiger partial charge is 0.508 e. The second-order valence-corrected chi connectivity index (χ2v) is 2.72. The normalized spacial score (nSPS) is 9.62. The van der Waals surface area contributed by atoms with E-state index >= 15 is 0 Å². The van der Waals surface area contributed by atoms with Crippen LogP contribution in [0.25, 0.3) is 0 Å². The molecule has 0 spiro atoms. The number of para-hydroxylation sites is 1. The zero-order valence-corrected chi connectivity index (χ0v) is 7.49. The molecule has 0 aliphatic rings. The average Bonchev–Trinajstić information content (AvgIpc) is 2.08. The Kier molecular flexibility index (Phi) is 3.31. The van der Waals surface area contributed by atoms with Gasteiger partial charge in [0.15, 0.2) is 0 Å². The molecular formula is C10H12O3. The summed E-state index contributed by atoms with van der Waals surface area (Å²) in [7, 11) is 0. The van der Waals surface area contributed by atoms with E-state index in [1.807, 2.05) is 6.07 Å². The summed E-state index contributed by atoms with van der Waals surface area (Å²) >= 11 is 0. The van der Waals surface area contributed by atoms with Crippen LogP contribution in [0.3, 0.4) is 0 Å². The molecule has 3 nitrogen and oxygen atoms in total. The van der Waals surface area contributed by atoms with Gasteiger partial charge in [0.05, 0.1) is 6.61 Å². The number of phenols is 1. The molecule has 0 amide bonds. The van der Waals surface area contributed by atoms with Crippen LogP contribution in [-0.2, 0) is 16.0 Å². The van der Waals surface area contributed by atoms with Crippen molar-refractivity contribution in [2.45, 2.75) is 13.3 Å². The highest BCUT2D eigenvalue weighted by molar-refractivity contribution is 5.65. The molecule has 0 radical (unpaired) electrons. The highest BCUT2D eigenvalue weighted by Crippen LogP contribution is 2.15. The van der Waals surface area contributed by atoms with Crippen molar-refractivity contribution in [3.05, 3.63) is 29.8 Å². The Morgan fingerprint density at radius 1 is 1.46 bits per heavy atom. The summed E-state index contributed by atoms with van der Waals surface area (Å²) in [6.07, 6.45) is 0.548. The van der Waals surface area contributed by atoms with Gasteiger partial charge in [0, 0.05) is 13.3 Å². The Morgan fingerprint density at radius 2 is 2.15 bits per heavy atom. The lowest BCUT2D eigenvalue weighted by molar-refractivity contribution is -0.140. The zero-order chi connectivity index (χ0) is 9.68. The summed E-state index contributed by atoms with van der Waals surface area (Å²) in [6.45, 7) is 1.68. The number of phenolic OH excluding ortho intramolecular Hbond substituents is 1. The van der Waals surface area contributed by atoms with Gasteiger partial charge in [0.25, 0.3) is 0 Å². The molecule has 13 heavy (non-hydrogen) atoms. The van der Waals surface area contributed by atoms with Gasteiger partial charge in [-0.25, -0.2) is 0 Å². The number of aromatic hydroxyl groups is 1. The first-order valence-electron chi connectivity index (χ1n) is 4.10. The SMILES string of the molecule is CC(=O)OCCc1ccccc1O. The van der Waals surface area contributed by atoms with Crippen molar-refractivity contribution < 1.29 is 14.6 Å². The molecule has 0 fully saturated rings. The molecule has 0 heterocycles. The number of hydrogen-bond donors (Lipinski definition) is 1. The quantitative estimate of drug-likeness (QED) is 0.717. The van der Waals surface area contributed by atoms with Gasteiger partial charge >= 0.3 is 5.97 Å². The number of benzene rings is 1. The number of carbonyl (C=O) groups excluding carboxylic acids is 1. The van der Waals surface area contributed by atoms with Crippen molar-refractivity contribution in [3.8, 4) is 5.75 Å². The van der Waals surface area contributed by atoms with Crippen LogP contribution < -0.4 is 0 Å². The second-order valence-electron chi connectivity index (χ2n) is 2.72. The molecule has 0 aromatic heterocycles. The molecule has 70 valence electrons. The van der Waals surface area contributed by atoms with Crippen molar-refractivity contribution in [2.75, 3.05) is 6.61 Å². The van der Waals surface area contributed by atoms with Gasteiger partial charge in [-0.15, -0.1) is 0 Å². The third kappa shape index (κ3) is 3.15.